The van der Waals surface area contributed by atoms with Gasteiger partial charge in [0.2, 0.25) is 5.91 Å². The number of anilines is 1. The van der Waals surface area contributed by atoms with E-state index in [4.69, 9.17) is 14.2 Å². The molecule has 3 aromatic rings. The largest absolute Gasteiger partial charge is 0.497 e. The lowest BCUT2D eigenvalue weighted by atomic mass is 9.79. The zero-order valence-electron chi connectivity index (χ0n) is 18.4. The Morgan fingerprint density at radius 3 is 2.48 bits per heavy atom. The van der Waals surface area contributed by atoms with Crippen LogP contribution in [-0.4, -0.2) is 44.1 Å². The van der Waals surface area contributed by atoms with Crippen LogP contribution in [0.2, 0.25) is 0 Å². The number of likely N-dealkylation sites (N-methyl/N-ethyl adjacent to an activating group) is 1. The van der Waals surface area contributed by atoms with Gasteiger partial charge in [-0.2, -0.15) is 0 Å². The molecule has 2 heterocycles. The monoisotopic (exact) mass is 444 g/mol. The average Bonchev–Trinajstić information content (AvgIpc) is 2.86. The first kappa shape index (κ1) is 20.9. The molecule has 7 nitrogen and oxygen atoms in total. The van der Waals surface area contributed by atoms with E-state index >= 15 is 0 Å². The highest BCUT2D eigenvalue weighted by atomic mass is 16.6. The Kier molecular flexibility index (Phi) is 5.38. The second kappa shape index (κ2) is 8.50. The van der Waals surface area contributed by atoms with E-state index in [1.165, 1.54) is 0 Å². The third-order valence-electron chi connectivity index (χ3n) is 6.13. The molecule has 2 atom stereocenters. The van der Waals surface area contributed by atoms with Crippen molar-refractivity contribution in [2.24, 2.45) is 0 Å². The smallest absolute Gasteiger partial charge is 0.254 e. The Hall–Kier alpha value is -4.00. The Bertz CT molecular complexity index is 1210. The van der Waals surface area contributed by atoms with Gasteiger partial charge in [-0.3, -0.25) is 9.59 Å². The second-order valence-corrected chi connectivity index (χ2v) is 8.05. The normalized spacial score (nSPS) is 19.0. The molecule has 0 bridgehead atoms. The molecule has 1 N–H and O–H groups in total. The van der Waals surface area contributed by atoms with Crippen LogP contribution in [0.5, 0.6) is 17.2 Å². The molecule has 2 aliphatic heterocycles. The molecule has 0 aliphatic carbocycles. The maximum Gasteiger partial charge on any atom is 0.254 e. The van der Waals surface area contributed by atoms with Gasteiger partial charge in [0.25, 0.3) is 5.91 Å². The van der Waals surface area contributed by atoms with Crippen LogP contribution in [0.25, 0.3) is 0 Å². The zero-order valence-corrected chi connectivity index (χ0v) is 18.4. The Morgan fingerprint density at radius 2 is 1.73 bits per heavy atom. The third kappa shape index (κ3) is 3.75. The SMILES string of the molecule is COc1ccc([C@@H]2[C@@H](C(=O)Nc3ccc4c(c3)OCCO4)c3ccccc3C(=O)N2C)cc1. The lowest BCUT2D eigenvalue weighted by Crippen LogP contribution is -2.44. The standard InChI is InChI=1S/C26H24N2O5/c1-28-24(16-7-10-18(31-2)11-8-16)23(19-5-3-4-6-20(19)26(28)30)25(29)27-17-9-12-21-22(15-17)33-14-13-32-21/h3-12,15,23-24H,13-14H2,1-2H3,(H,27,29)/t23-,24+/m0/s1. The maximum absolute atomic E-state index is 13.7. The molecule has 0 aromatic heterocycles. The van der Waals surface area contributed by atoms with Gasteiger partial charge < -0.3 is 24.4 Å². The van der Waals surface area contributed by atoms with E-state index in [-0.39, 0.29) is 11.8 Å². The summed E-state index contributed by atoms with van der Waals surface area (Å²) in [5, 5.41) is 3.02. The van der Waals surface area contributed by atoms with Gasteiger partial charge in [-0.1, -0.05) is 30.3 Å². The van der Waals surface area contributed by atoms with Crippen molar-refractivity contribution in [1.82, 2.24) is 4.90 Å². The summed E-state index contributed by atoms with van der Waals surface area (Å²) < 4.78 is 16.5. The van der Waals surface area contributed by atoms with E-state index in [1.807, 2.05) is 42.5 Å². The summed E-state index contributed by atoms with van der Waals surface area (Å²) in [7, 11) is 3.34. The van der Waals surface area contributed by atoms with Gasteiger partial charge in [-0.15, -0.1) is 0 Å². The van der Waals surface area contributed by atoms with E-state index in [0.717, 1.165) is 5.56 Å². The highest BCUT2D eigenvalue weighted by Gasteiger charge is 2.42. The molecule has 2 amide bonds. The van der Waals surface area contributed by atoms with Gasteiger partial charge in [-0.05, 0) is 41.5 Å². The van der Waals surface area contributed by atoms with E-state index in [1.54, 1.807) is 43.3 Å². The first-order chi connectivity index (χ1) is 16.1. The zero-order chi connectivity index (χ0) is 22.9. The summed E-state index contributed by atoms with van der Waals surface area (Å²) in [6, 6.07) is 19.6. The van der Waals surface area contributed by atoms with E-state index in [9.17, 15) is 9.59 Å². The van der Waals surface area contributed by atoms with Gasteiger partial charge in [0.05, 0.1) is 19.1 Å². The molecule has 33 heavy (non-hydrogen) atoms. The van der Waals surface area contributed by atoms with Crippen LogP contribution < -0.4 is 19.5 Å². The van der Waals surface area contributed by atoms with Crippen molar-refractivity contribution in [3.8, 4) is 17.2 Å². The number of hydrogen-bond acceptors (Lipinski definition) is 5. The van der Waals surface area contributed by atoms with E-state index in [0.29, 0.717) is 47.3 Å². The molecule has 0 radical (unpaired) electrons. The molecule has 0 fully saturated rings. The molecular formula is C26H24N2O5. The third-order valence-corrected chi connectivity index (χ3v) is 6.13. The number of carbonyl (C=O) groups excluding carboxylic acids is 2. The van der Waals surface area contributed by atoms with Crippen molar-refractivity contribution in [3.63, 3.8) is 0 Å². The lowest BCUT2D eigenvalue weighted by Gasteiger charge is -2.39. The van der Waals surface area contributed by atoms with Crippen molar-refractivity contribution in [1.29, 1.82) is 0 Å². The van der Waals surface area contributed by atoms with Crippen LogP contribution in [-0.2, 0) is 4.79 Å². The number of fused-ring (bicyclic) bond motifs is 2. The van der Waals surface area contributed by atoms with E-state index in [2.05, 4.69) is 5.32 Å². The van der Waals surface area contributed by atoms with Crippen LogP contribution in [0.15, 0.2) is 66.7 Å². The molecule has 0 unspecified atom stereocenters. The van der Waals surface area contributed by atoms with E-state index < -0.39 is 12.0 Å². The molecule has 168 valence electrons. The van der Waals surface area contributed by atoms with Gasteiger partial charge in [0.15, 0.2) is 11.5 Å². The fourth-order valence-corrected chi connectivity index (χ4v) is 4.52. The fraction of sp³-hybridized carbons (Fsp3) is 0.231. The minimum atomic E-state index is -0.606. The lowest BCUT2D eigenvalue weighted by molar-refractivity contribution is -0.119. The quantitative estimate of drug-likeness (QED) is 0.658. The first-order valence-electron chi connectivity index (χ1n) is 10.8. The Morgan fingerprint density at radius 1 is 1.00 bits per heavy atom. The minimum absolute atomic E-state index is 0.116. The van der Waals surface area contributed by atoms with Crippen LogP contribution in [0.1, 0.15) is 33.4 Å². The number of rotatable bonds is 4. The number of methoxy groups -OCH3 is 1. The Balaban J connectivity index is 1.54. The highest BCUT2D eigenvalue weighted by molar-refractivity contribution is 6.04. The number of nitrogens with zero attached hydrogens (tertiary/aromatic N) is 1. The van der Waals surface area contributed by atoms with Gasteiger partial charge >= 0.3 is 0 Å². The minimum Gasteiger partial charge on any atom is -0.497 e. The molecule has 0 saturated heterocycles. The summed E-state index contributed by atoms with van der Waals surface area (Å²) in [5.74, 6) is 1.03. The molecular weight excluding hydrogens is 420 g/mol. The van der Waals surface area contributed by atoms with Gasteiger partial charge in [-0.25, -0.2) is 0 Å². The fourth-order valence-electron chi connectivity index (χ4n) is 4.52. The molecule has 3 aromatic carbocycles. The predicted octanol–water partition coefficient (Wildman–Crippen LogP) is 4.02. The number of carbonyl (C=O) groups is 2. The molecule has 5 rings (SSSR count). The van der Waals surface area contributed by atoms with Crippen LogP contribution in [0, 0.1) is 0 Å². The molecule has 0 spiro atoms. The molecule has 2 aliphatic rings. The first-order valence-corrected chi connectivity index (χ1v) is 10.8. The number of nitrogens with one attached hydrogen (secondary N) is 1. The summed E-state index contributed by atoms with van der Waals surface area (Å²) >= 11 is 0. The van der Waals surface area contributed by atoms with Crippen molar-refractivity contribution >= 4 is 17.5 Å². The number of amides is 2. The molecule has 0 saturated carbocycles. The Labute approximate surface area is 191 Å². The number of hydrogen-bond donors (Lipinski definition) is 1. The highest BCUT2D eigenvalue weighted by Crippen LogP contribution is 2.43. The predicted molar refractivity (Wildman–Crippen MR) is 123 cm³/mol. The van der Waals surface area contributed by atoms with Crippen molar-refractivity contribution in [3.05, 3.63) is 83.4 Å². The van der Waals surface area contributed by atoms with Crippen molar-refractivity contribution in [2.45, 2.75) is 12.0 Å². The number of ether oxygens (including phenoxy) is 3. The van der Waals surface area contributed by atoms with Gasteiger partial charge in [0.1, 0.15) is 19.0 Å². The van der Waals surface area contributed by atoms with Crippen LogP contribution in [0.3, 0.4) is 0 Å². The van der Waals surface area contributed by atoms with Gasteiger partial charge in [0, 0.05) is 24.4 Å². The van der Waals surface area contributed by atoms with Crippen LogP contribution >= 0.6 is 0 Å². The summed E-state index contributed by atoms with van der Waals surface area (Å²) in [6.07, 6.45) is 0. The summed E-state index contributed by atoms with van der Waals surface area (Å²) in [4.78, 5) is 28.5. The topological polar surface area (TPSA) is 77.1 Å². The molecule has 7 heteroatoms. The van der Waals surface area contributed by atoms with Crippen molar-refractivity contribution in [2.75, 3.05) is 32.7 Å². The van der Waals surface area contributed by atoms with Crippen LogP contribution in [0.4, 0.5) is 5.69 Å². The second-order valence-electron chi connectivity index (χ2n) is 8.05. The maximum atomic E-state index is 13.7. The number of benzene rings is 3. The summed E-state index contributed by atoms with van der Waals surface area (Å²) in [6.45, 7) is 0.967. The average molecular weight is 444 g/mol. The summed E-state index contributed by atoms with van der Waals surface area (Å²) in [5.41, 5.74) is 2.70. The van der Waals surface area contributed by atoms with Crippen molar-refractivity contribution < 1.29 is 23.8 Å².